The number of aromatic nitrogens is 1. The maximum absolute atomic E-state index is 12.0. The van der Waals surface area contributed by atoms with E-state index in [4.69, 9.17) is 11.6 Å². The van der Waals surface area contributed by atoms with E-state index in [9.17, 15) is 18.0 Å². The number of amides is 1. The van der Waals surface area contributed by atoms with Crippen molar-refractivity contribution in [3.63, 3.8) is 0 Å². The number of carbonyl (C=O) groups excluding carboxylic acids is 1. The summed E-state index contributed by atoms with van der Waals surface area (Å²) in [6.45, 7) is -1.68. The Morgan fingerprint density at radius 2 is 2.05 bits per heavy atom. The Kier molecular flexibility index (Phi) is 5.12. The molecule has 1 aromatic heterocycles. The van der Waals surface area contributed by atoms with E-state index in [0.717, 1.165) is 9.86 Å². The first-order chi connectivity index (χ1) is 10.2. The lowest BCUT2D eigenvalue weighted by Gasteiger charge is -2.10. The quantitative estimate of drug-likeness (QED) is 0.828. The summed E-state index contributed by atoms with van der Waals surface area (Å²) in [4.78, 5) is 15.5. The Hall–Kier alpha value is -1.54. The molecule has 1 heterocycles. The van der Waals surface area contributed by atoms with Gasteiger partial charge in [0.05, 0.1) is 17.1 Å². The van der Waals surface area contributed by atoms with Crippen LogP contribution < -0.4 is 10.6 Å². The molecule has 0 aliphatic heterocycles. The molecule has 4 nitrogen and oxygen atoms in total. The summed E-state index contributed by atoms with van der Waals surface area (Å²) in [6.07, 6.45) is -4.43. The minimum absolute atomic E-state index is 0.317. The number of anilines is 1. The highest BCUT2D eigenvalue weighted by atomic mass is 79.9. The number of halogens is 5. The highest BCUT2D eigenvalue weighted by Crippen LogP contribution is 2.27. The van der Waals surface area contributed by atoms with Crippen molar-refractivity contribution in [3.8, 4) is 0 Å². The fraction of sp³-hybridized carbons (Fsp3) is 0.231. The van der Waals surface area contributed by atoms with Crippen LogP contribution in [0.2, 0.25) is 5.02 Å². The van der Waals surface area contributed by atoms with E-state index >= 15 is 0 Å². The number of hydrogen-bond acceptors (Lipinski definition) is 3. The number of nitrogens with zero attached hydrogens (tertiary/aromatic N) is 1. The van der Waals surface area contributed by atoms with Crippen LogP contribution in [0.25, 0.3) is 10.9 Å². The number of hydrogen-bond donors (Lipinski definition) is 2. The molecule has 2 rings (SSSR count). The molecule has 2 N–H and O–H groups in total. The van der Waals surface area contributed by atoms with E-state index < -0.39 is 18.6 Å². The summed E-state index contributed by atoms with van der Waals surface area (Å²) in [5, 5.41) is 5.64. The molecule has 1 amide bonds. The maximum Gasteiger partial charge on any atom is 0.405 e. The molecule has 118 valence electrons. The molecule has 0 saturated carbocycles. The Labute approximate surface area is 137 Å². The van der Waals surface area contributed by atoms with Crippen LogP contribution in [0, 0.1) is 0 Å². The second kappa shape index (κ2) is 6.70. The van der Waals surface area contributed by atoms with E-state index in [0.29, 0.717) is 16.4 Å². The normalized spacial score (nSPS) is 11.5. The summed E-state index contributed by atoms with van der Waals surface area (Å²) in [5.74, 6) is -0.431. The van der Waals surface area contributed by atoms with Crippen molar-refractivity contribution in [1.29, 1.82) is 0 Å². The molecule has 0 unspecified atom stereocenters. The first-order valence-electron chi connectivity index (χ1n) is 6.08. The molecular formula is C13H10BrClF3N3O. The van der Waals surface area contributed by atoms with Gasteiger partial charge in [0.25, 0.3) is 0 Å². The standard InChI is InChI=1S/C13H10BrClF3N3O/c14-8-3-7-1-2-10(21-12(7)9(15)4-8)19-5-11(22)20-6-13(16,17)18/h1-4H,5-6H2,(H,19,21)(H,20,22). The summed E-state index contributed by atoms with van der Waals surface area (Å²) in [6, 6.07) is 6.86. The molecule has 0 saturated heterocycles. The van der Waals surface area contributed by atoms with Crippen molar-refractivity contribution < 1.29 is 18.0 Å². The van der Waals surface area contributed by atoms with Gasteiger partial charge in [0.2, 0.25) is 5.91 Å². The third-order valence-corrected chi connectivity index (χ3v) is 3.37. The van der Waals surface area contributed by atoms with Gasteiger partial charge in [0.15, 0.2) is 0 Å². The first kappa shape index (κ1) is 16.8. The molecule has 0 aliphatic carbocycles. The monoisotopic (exact) mass is 395 g/mol. The van der Waals surface area contributed by atoms with Crippen molar-refractivity contribution in [1.82, 2.24) is 10.3 Å². The smallest absolute Gasteiger partial charge is 0.361 e. The van der Waals surface area contributed by atoms with Gasteiger partial charge in [0, 0.05) is 9.86 Å². The van der Waals surface area contributed by atoms with Crippen LogP contribution in [0.4, 0.5) is 19.0 Å². The lowest BCUT2D eigenvalue weighted by atomic mass is 10.2. The molecule has 2 aromatic rings. The van der Waals surface area contributed by atoms with Gasteiger partial charge in [0.1, 0.15) is 12.4 Å². The average molecular weight is 397 g/mol. The SMILES string of the molecule is O=C(CNc1ccc2cc(Br)cc(Cl)c2n1)NCC(F)(F)F. The topological polar surface area (TPSA) is 54.0 Å². The maximum atomic E-state index is 12.0. The van der Waals surface area contributed by atoms with Crippen LogP contribution >= 0.6 is 27.5 Å². The van der Waals surface area contributed by atoms with Crippen molar-refractivity contribution in [2.45, 2.75) is 6.18 Å². The second-order valence-electron chi connectivity index (χ2n) is 4.40. The average Bonchev–Trinajstić information content (AvgIpc) is 2.42. The first-order valence-corrected chi connectivity index (χ1v) is 7.25. The van der Waals surface area contributed by atoms with E-state index in [1.807, 2.05) is 6.07 Å². The third kappa shape index (κ3) is 4.74. The largest absolute Gasteiger partial charge is 0.405 e. The highest BCUT2D eigenvalue weighted by molar-refractivity contribution is 9.10. The van der Waals surface area contributed by atoms with Gasteiger partial charge < -0.3 is 10.6 Å². The van der Waals surface area contributed by atoms with Crippen molar-refractivity contribution in [3.05, 3.63) is 33.8 Å². The van der Waals surface area contributed by atoms with E-state index in [2.05, 4.69) is 26.2 Å². The molecule has 0 aliphatic rings. The van der Waals surface area contributed by atoms with Gasteiger partial charge in [-0.15, -0.1) is 0 Å². The minimum atomic E-state index is -4.43. The van der Waals surface area contributed by atoms with E-state index in [1.54, 1.807) is 23.5 Å². The molecule has 0 radical (unpaired) electrons. The van der Waals surface area contributed by atoms with E-state index in [1.165, 1.54) is 0 Å². The van der Waals surface area contributed by atoms with Gasteiger partial charge in [-0.3, -0.25) is 4.79 Å². The fourth-order valence-electron chi connectivity index (χ4n) is 1.69. The highest BCUT2D eigenvalue weighted by Gasteiger charge is 2.27. The molecule has 0 atom stereocenters. The van der Waals surface area contributed by atoms with Crippen LogP contribution in [0.5, 0.6) is 0 Å². The fourth-order valence-corrected chi connectivity index (χ4v) is 2.56. The van der Waals surface area contributed by atoms with Gasteiger partial charge in [-0.05, 0) is 24.3 Å². The number of rotatable bonds is 4. The van der Waals surface area contributed by atoms with Crippen LogP contribution in [0.1, 0.15) is 0 Å². The Morgan fingerprint density at radius 1 is 1.32 bits per heavy atom. The van der Waals surface area contributed by atoms with Crippen LogP contribution in [0.15, 0.2) is 28.7 Å². The van der Waals surface area contributed by atoms with E-state index in [-0.39, 0.29) is 6.54 Å². The van der Waals surface area contributed by atoms with Gasteiger partial charge >= 0.3 is 6.18 Å². The van der Waals surface area contributed by atoms with Gasteiger partial charge in [-0.25, -0.2) is 4.98 Å². The molecule has 9 heteroatoms. The Bertz CT molecular complexity index is 709. The zero-order chi connectivity index (χ0) is 16.3. The summed E-state index contributed by atoms with van der Waals surface area (Å²) in [5.41, 5.74) is 0.533. The summed E-state index contributed by atoms with van der Waals surface area (Å²) < 4.78 is 36.7. The Balaban J connectivity index is 2.02. The van der Waals surface area contributed by atoms with Gasteiger partial charge in [-0.2, -0.15) is 13.2 Å². The number of pyridine rings is 1. The summed E-state index contributed by atoms with van der Waals surface area (Å²) in [7, 11) is 0. The van der Waals surface area contributed by atoms with Crippen LogP contribution in [-0.2, 0) is 4.79 Å². The number of nitrogens with one attached hydrogen (secondary N) is 2. The minimum Gasteiger partial charge on any atom is -0.361 e. The van der Waals surface area contributed by atoms with Crippen molar-refractivity contribution in [2.75, 3.05) is 18.4 Å². The molecule has 1 aromatic carbocycles. The molecule has 0 spiro atoms. The Morgan fingerprint density at radius 3 is 2.73 bits per heavy atom. The molecular weight excluding hydrogens is 387 g/mol. The number of fused-ring (bicyclic) bond motifs is 1. The number of alkyl halides is 3. The number of benzene rings is 1. The predicted octanol–water partition coefficient (Wildman–Crippen LogP) is 3.74. The lowest BCUT2D eigenvalue weighted by molar-refractivity contribution is -0.137. The lowest BCUT2D eigenvalue weighted by Crippen LogP contribution is -2.37. The second-order valence-corrected chi connectivity index (χ2v) is 5.72. The third-order valence-electron chi connectivity index (χ3n) is 2.63. The molecule has 0 fully saturated rings. The summed E-state index contributed by atoms with van der Waals surface area (Å²) >= 11 is 9.38. The number of carbonyl (C=O) groups is 1. The molecule has 0 bridgehead atoms. The predicted molar refractivity (Wildman–Crippen MR) is 82.0 cm³/mol. The van der Waals surface area contributed by atoms with Crippen molar-refractivity contribution >= 4 is 50.2 Å². The van der Waals surface area contributed by atoms with Crippen molar-refractivity contribution in [2.24, 2.45) is 0 Å². The van der Waals surface area contributed by atoms with Gasteiger partial charge in [-0.1, -0.05) is 27.5 Å². The van der Waals surface area contributed by atoms with Crippen LogP contribution in [0.3, 0.4) is 0 Å². The zero-order valence-corrected chi connectivity index (χ0v) is 13.3. The van der Waals surface area contributed by atoms with Crippen LogP contribution in [-0.4, -0.2) is 30.2 Å². The zero-order valence-electron chi connectivity index (χ0n) is 11.0. The molecule has 22 heavy (non-hydrogen) atoms.